The molecule has 1 aromatic rings. The number of benzene rings is 1. The van der Waals surface area contributed by atoms with Crippen molar-refractivity contribution in [3.63, 3.8) is 0 Å². The molecule has 0 atom stereocenters. The lowest BCUT2D eigenvalue weighted by Crippen LogP contribution is -2.41. The highest BCUT2D eigenvalue weighted by molar-refractivity contribution is 5.87. The van der Waals surface area contributed by atoms with Crippen molar-refractivity contribution in [3.8, 4) is 5.75 Å². The third-order valence-corrected chi connectivity index (χ3v) is 2.48. The van der Waals surface area contributed by atoms with Gasteiger partial charge in [0.15, 0.2) is 0 Å². The molecule has 0 saturated carbocycles. The number of phenolic OH excluding ortho intramolecular Hbond substituents is 1. The topological polar surface area (TPSA) is 107 Å². The largest absolute Gasteiger partial charge is 0.508 e. The van der Waals surface area contributed by atoms with Crippen molar-refractivity contribution >= 4 is 17.8 Å². The van der Waals surface area contributed by atoms with Gasteiger partial charge in [-0.15, -0.1) is 0 Å². The molecule has 1 fully saturated rings. The summed E-state index contributed by atoms with van der Waals surface area (Å²) in [4.78, 5) is 31.5. The number of phenols is 1. The number of carbonyl (C=O) groups is 3. The van der Waals surface area contributed by atoms with Crippen LogP contribution >= 0.6 is 0 Å². The highest BCUT2D eigenvalue weighted by atomic mass is 16.4. The average Bonchev–Trinajstić information content (AvgIpc) is 2.75. The minimum Gasteiger partial charge on any atom is -0.508 e. The van der Waals surface area contributed by atoms with Gasteiger partial charge in [-0.1, -0.05) is 0 Å². The monoisotopic (exact) mass is 280 g/mol. The van der Waals surface area contributed by atoms with Gasteiger partial charge in [-0.3, -0.25) is 20.0 Å². The van der Waals surface area contributed by atoms with Crippen LogP contribution in [0.15, 0.2) is 24.3 Å². The van der Waals surface area contributed by atoms with Gasteiger partial charge in [-0.2, -0.15) is 0 Å². The SMILES string of the molecule is CC(=O)NN1CCCC1=O.O=C(O)c1ccc(O)cc1. The highest BCUT2D eigenvalue weighted by Crippen LogP contribution is 2.08. The van der Waals surface area contributed by atoms with E-state index in [1.807, 2.05) is 0 Å². The summed E-state index contributed by atoms with van der Waals surface area (Å²) in [5, 5.41) is 18.5. The number of amides is 2. The second-order valence-corrected chi connectivity index (χ2v) is 4.17. The number of rotatable bonds is 2. The lowest BCUT2D eigenvalue weighted by molar-refractivity contribution is -0.137. The Morgan fingerprint density at radius 2 is 1.85 bits per heavy atom. The van der Waals surface area contributed by atoms with E-state index in [-0.39, 0.29) is 23.1 Å². The van der Waals surface area contributed by atoms with Crippen molar-refractivity contribution in [2.24, 2.45) is 0 Å². The zero-order valence-corrected chi connectivity index (χ0v) is 11.0. The number of hydrogen-bond acceptors (Lipinski definition) is 4. The Hall–Kier alpha value is -2.57. The van der Waals surface area contributed by atoms with Gasteiger partial charge < -0.3 is 10.2 Å². The van der Waals surface area contributed by atoms with Crippen molar-refractivity contribution in [3.05, 3.63) is 29.8 Å². The molecule has 0 spiro atoms. The normalized spacial score (nSPS) is 13.4. The second-order valence-electron chi connectivity index (χ2n) is 4.17. The lowest BCUT2D eigenvalue weighted by atomic mass is 10.2. The van der Waals surface area contributed by atoms with Crippen LogP contribution in [0.2, 0.25) is 0 Å². The summed E-state index contributed by atoms with van der Waals surface area (Å²) in [6.45, 7) is 2.05. The van der Waals surface area contributed by atoms with Crippen molar-refractivity contribution in [1.29, 1.82) is 0 Å². The molecule has 2 rings (SSSR count). The summed E-state index contributed by atoms with van der Waals surface area (Å²) in [5.74, 6) is -1.09. The van der Waals surface area contributed by atoms with Gasteiger partial charge in [-0.05, 0) is 30.7 Å². The number of nitrogens with one attached hydrogen (secondary N) is 1. The van der Waals surface area contributed by atoms with Crippen LogP contribution in [0.1, 0.15) is 30.1 Å². The lowest BCUT2D eigenvalue weighted by Gasteiger charge is -2.14. The zero-order chi connectivity index (χ0) is 15.1. The Morgan fingerprint density at radius 3 is 2.25 bits per heavy atom. The molecule has 0 bridgehead atoms. The Bertz CT molecular complexity index is 498. The van der Waals surface area contributed by atoms with E-state index in [0.29, 0.717) is 13.0 Å². The number of nitrogens with zero attached hydrogens (tertiary/aromatic N) is 1. The highest BCUT2D eigenvalue weighted by Gasteiger charge is 2.20. The van der Waals surface area contributed by atoms with Gasteiger partial charge in [0.25, 0.3) is 0 Å². The van der Waals surface area contributed by atoms with E-state index in [1.54, 1.807) is 0 Å². The Labute approximate surface area is 115 Å². The first-order chi connectivity index (χ1) is 9.40. The standard InChI is InChI=1S/C7H6O3.C6H10N2O2/c8-6-3-1-5(2-4-6)7(9)10;1-5(9)7-8-4-2-3-6(8)10/h1-4,8H,(H,9,10);2-4H2,1H3,(H,7,9). The van der Waals surface area contributed by atoms with Crippen LogP contribution in [0.5, 0.6) is 5.75 Å². The van der Waals surface area contributed by atoms with Gasteiger partial charge in [0.05, 0.1) is 5.56 Å². The van der Waals surface area contributed by atoms with Gasteiger partial charge in [0.2, 0.25) is 11.8 Å². The molecule has 1 aliphatic rings. The van der Waals surface area contributed by atoms with E-state index < -0.39 is 5.97 Å². The molecule has 7 nitrogen and oxygen atoms in total. The fourth-order valence-electron chi connectivity index (χ4n) is 1.56. The first kappa shape index (κ1) is 15.5. The number of carboxylic acid groups (broad SMARTS) is 1. The summed E-state index contributed by atoms with van der Waals surface area (Å²) in [6.07, 6.45) is 1.40. The molecular weight excluding hydrogens is 264 g/mol. The maximum absolute atomic E-state index is 10.8. The van der Waals surface area contributed by atoms with Crippen LogP contribution in [0.3, 0.4) is 0 Å². The number of hydrazine groups is 1. The van der Waals surface area contributed by atoms with Gasteiger partial charge in [0, 0.05) is 19.9 Å². The molecule has 0 radical (unpaired) electrons. The first-order valence-corrected chi connectivity index (χ1v) is 6.00. The van der Waals surface area contributed by atoms with E-state index in [1.165, 1.54) is 36.2 Å². The molecule has 20 heavy (non-hydrogen) atoms. The molecule has 2 amide bonds. The molecule has 0 aliphatic carbocycles. The number of carbonyl (C=O) groups excluding carboxylic acids is 2. The summed E-state index contributed by atoms with van der Waals surface area (Å²) < 4.78 is 0. The quantitative estimate of drug-likeness (QED) is 0.741. The van der Waals surface area contributed by atoms with Gasteiger partial charge in [-0.25, -0.2) is 4.79 Å². The maximum Gasteiger partial charge on any atom is 0.335 e. The summed E-state index contributed by atoms with van der Waals surface area (Å²) >= 11 is 0. The van der Waals surface area contributed by atoms with Crippen LogP contribution in [0.4, 0.5) is 0 Å². The molecule has 3 N–H and O–H groups in total. The second kappa shape index (κ2) is 7.13. The van der Waals surface area contributed by atoms with Crippen LogP contribution in [-0.4, -0.2) is 39.6 Å². The third-order valence-electron chi connectivity index (χ3n) is 2.48. The van der Waals surface area contributed by atoms with E-state index in [2.05, 4.69) is 5.43 Å². The molecule has 1 heterocycles. The van der Waals surface area contributed by atoms with E-state index in [0.717, 1.165) is 6.42 Å². The molecule has 108 valence electrons. The molecular formula is C13H16N2O5. The van der Waals surface area contributed by atoms with Crippen LogP contribution in [0.25, 0.3) is 0 Å². The van der Waals surface area contributed by atoms with Crippen molar-refractivity contribution in [2.45, 2.75) is 19.8 Å². The predicted molar refractivity (Wildman–Crippen MR) is 69.8 cm³/mol. The Kier molecular flexibility index (Phi) is 5.52. The molecule has 7 heteroatoms. The summed E-state index contributed by atoms with van der Waals surface area (Å²) in [5.41, 5.74) is 2.61. The Balaban J connectivity index is 0.000000200. The van der Waals surface area contributed by atoms with Crippen LogP contribution in [-0.2, 0) is 9.59 Å². The van der Waals surface area contributed by atoms with Crippen molar-refractivity contribution < 1.29 is 24.6 Å². The van der Waals surface area contributed by atoms with Crippen LogP contribution in [0, 0.1) is 0 Å². The third kappa shape index (κ3) is 4.97. The van der Waals surface area contributed by atoms with Crippen molar-refractivity contribution in [2.75, 3.05) is 6.54 Å². The number of hydrogen-bond donors (Lipinski definition) is 3. The molecule has 0 aromatic heterocycles. The number of aromatic carboxylic acids is 1. The smallest absolute Gasteiger partial charge is 0.335 e. The zero-order valence-electron chi connectivity index (χ0n) is 11.0. The number of aromatic hydroxyl groups is 1. The van der Waals surface area contributed by atoms with E-state index in [4.69, 9.17) is 10.2 Å². The van der Waals surface area contributed by atoms with Gasteiger partial charge in [0.1, 0.15) is 5.75 Å². The molecule has 1 aromatic carbocycles. The average molecular weight is 280 g/mol. The van der Waals surface area contributed by atoms with Crippen molar-refractivity contribution in [1.82, 2.24) is 10.4 Å². The van der Waals surface area contributed by atoms with E-state index >= 15 is 0 Å². The number of carboxylic acids is 1. The van der Waals surface area contributed by atoms with E-state index in [9.17, 15) is 14.4 Å². The fraction of sp³-hybridized carbons (Fsp3) is 0.308. The minimum atomic E-state index is -0.986. The molecule has 1 saturated heterocycles. The van der Waals surface area contributed by atoms with Crippen LogP contribution < -0.4 is 5.43 Å². The fourth-order valence-corrected chi connectivity index (χ4v) is 1.56. The summed E-state index contributed by atoms with van der Waals surface area (Å²) in [6, 6.07) is 5.36. The molecule has 0 unspecified atom stereocenters. The maximum atomic E-state index is 10.8. The van der Waals surface area contributed by atoms with Gasteiger partial charge >= 0.3 is 5.97 Å². The Morgan fingerprint density at radius 1 is 1.25 bits per heavy atom. The molecule has 1 aliphatic heterocycles. The predicted octanol–water partition coefficient (Wildman–Crippen LogP) is 0.750. The summed E-state index contributed by atoms with van der Waals surface area (Å²) in [7, 11) is 0. The minimum absolute atomic E-state index is 0.00944. The first-order valence-electron chi connectivity index (χ1n) is 6.00.